The van der Waals surface area contributed by atoms with Crippen molar-refractivity contribution in [1.29, 1.82) is 0 Å². The minimum absolute atomic E-state index is 0.0404. The van der Waals surface area contributed by atoms with E-state index in [1.54, 1.807) is 0 Å². The molecular weight excluding hydrogens is 224 g/mol. The summed E-state index contributed by atoms with van der Waals surface area (Å²) in [5, 5.41) is 6.20. The van der Waals surface area contributed by atoms with Gasteiger partial charge in [0.05, 0.1) is 5.92 Å². The maximum atomic E-state index is 12.2. The number of amides is 1. The van der Waals surface area contributed by atoms with Gasteiger partial charge in [0.25, 0.3) is 0 Å². The van der Waals surface area contributed by atoms with Crippen molar-refractivity contribution in [3.05, 3.63) is 60.2 Å². The van der Waals surface area contributed by atoms with Crippen molar-refractivity contribution in [1.82, 2.24) is 0 Å². The molecule has 0 saturated heterocycles. The summed E-state index contributed by atoms with van der Waals surface area (Å²) in [6, 6.07) is 17.5. The number of carbonyl (C=O) groups excluding carboxylic acids is 1. The number of rotatable bonds is 2. The Morgan fingerprint density at radius 2 is 1.78 bits per heavy atom. The molecule has 0 radical (unpaired) electrons. The molecule has 1 unspecified atom stereocenters. The summed E-state index contributed by atoms with van der Waals surface area (Å²) in [5.74, 6) is -0.0694. The SMILES string of the molecule is O=C(Nc1ccccc1)C1CNc2ccccc21. The quantitative estimate of drug-likeness (QED) is 0.844. The van der Waals surface area contributed by atoms with Gasteiger partial charge in [-0.05, 0) is 23.8 Å². The van der Waals surface area contributed by atoms with E-state index in [2.05, 4.69) is 10.6 Å². The highest BCUT2D eigenvalue weighted by Crippen LogP contribution is 2.31. The summed E-state index contributed by atoms with van der Waals surface area (Å²) in [7, 11) is 0. The third-order valence-electron chi connectivity index (χ3n) is 3.19. The molecule has 3 nitrogen and oxygen atoms in total. The van der Waals surface area contributed by atoms with E-state index in [1.165, 1.54) is 0 Å². The van der Waals surface area contributed by atoms with Gasteiger partial charge in [-0.1, -0.05) is 36.4 Å². The second-order valence-corrected chi connectivity index (χ2v) is 4.38. The molecule has 3 heteroatoms. The van der Waals surface area contributed by atoms with Crippen molar-refractivity contribution in [3.8, 4) is 0 Å². The Kier molecular flexibility index (Phi) is 2.73. The second kappa shape index (κ2) is 4.53. The summed E-state index contributed by atoms with van der Waals surface area (Å²) < 4.78 is 0. The molecule has 1 heterocycles. The summed E-state index contributed by atoms with van der Waals surface area (Å²) >= 11 is 0. The molecule has 90 valence electrons. The van der Waals surface area contributed by atoms with Gasteiger partial charge in [-0.3, -0.25) is 4.79 Å². The summed E-state index contributed by atoms with van der Waals surface area (Å²) in [4.78, 5) is 12.2. The Balaban J connectivity index is 1.79. The third kappa shape index (κ3) is 1.95. The maximum Gasteiger partial charge on any atom is 0.233 e. The van der Waals surface area contributed by atoms with Gasteiger partial charge in [0.15, 0.2) is 0 Å². The molecule has 1 atom stereocenters. The summed E-state index contributed by atoms with van der Waals surface area (Å²) in [6.07, 6.45) is 0. The van der Waals surface area contributed by atoms with E-state index in [4.69, 9.17) is 0 Å². The van der Waals surface area contributed by atoms with E-state index in [1.807, 2.05) is 54.6 Å². The molecule has 2 aromatic carbocycles. The standard InChI is InChI=1S/C15H14N2O/c18-15(17-11-6-2-1-3-7-11)13-10-16-14-9-5-4-8-12(13)14/h1-9,13,16H,10H2,(H,17,18). The predicted octanol–water partition coefficient (Wildman–Crippen LogP) is 2.83. The van der Waals surface area contributed by atoms with Crippen LogP contribution in [0.4, 0.5) is 11.4 Å². The lowest BCUT2D eigenvalue weighted by atomic mass is 10.0. The van der Waals surface area contributed by atoms with Gasteiger partial charge in [0, 0.05) is 17.9 Å². The van der Waals surface area contributed by atoms with E-state index in [-0.39, 0.29) is 11.8 Å². The van der Waals surface area contributed by atoms with Crippen LogP contribution in [0.1, 0.15) is 11.5 Å². The van der Waals surface area contributed by atoms with E-state index >= 15 is 0 Å². The number of benzene rings is 2. The fourth-order valence-corrected chi connectivity index (χ4v) is 2.27. The first kappa shape index (κ1) is 10.8. The van der Waals surface area contributed by atoms with Crippen molar-refractivity contribution < 1.29 is 4.79 Å². The molecular formula is C15H14N2O. The Hall–Kier alpha value is -2.29. The van der Waals surface area contributed by atoms with Crippen molar-refractivity contribution in [2.75, 3.05) is 17.2 Å². The normalized spacial score (nSPS) is 16.8. The minimum atomic E-state index is -0.110. The van der Waals surface area contributed by atoms with Crippen molar-refractivity contribution >= 4 is 17.3 Å². The minimum Gasteiger partial charge on any atom is -0.384 e. The average Bonchev–Trinajstić information content (AvgIpc) is 2.84. The Labute approximate surface area is 106 Å². The smallest absolute Gasteiger partial charge is 0.233 e. The number of carbonyl (C=O) groups is 1. The Morgan fingerprint density at radius 3 is 2.61 bits per heavy atom. The van der Waals surface area contributed by atoms with E-state index in [0.29, 0.717) is 6.54 Å². The summed E-state index contributed by atoms with van der Waals surface area (Å²) in [5.41, 5.74) is 2.98. The van der Waals surface area contributed by atoms with Crippen LogP contribution in [0.25, 0.3) is 0 Å². The van der Waals surface area contributed by atoms with Gasteiger partial charge >= 0.3 is 0 Å². The van der Waals surface area contributed by atoms with Gasteiger partial charge in [-0.2, -0.15) is 0 Å². The number of nitrogens with one attached hydrogen (secondary N) is 2. The first-order valence-corrected chi connectivity index (χ1v) is 6.03. The molecule has 0 aromatic heterocycles. The number of hydrogen-bond acceptors (Lipinski definition) is 2. The van der Waals surface area contributed by atoms with Gasteiger partial charge in [-0.25, -0.2) is 0 Å². The van der Waals surface area contributed by atoms with E-state index in [9.17, 15) is 4.79 Å². The number of hydrogen-bond donors (Lipinski definition) is 2. The average molecular weight is 238 g/mol. The highest BCUT2D eigenvalue weighted by molar-refractivity contribution is 5.98. The fraction of sp³-hybridized carbons (Fsp3) is 0.133. The van der Waals surface area contributed by atoms with Crippen LogP contribution in [0.5, 0.6) is 0 Å². The predicted molar refractivity (Wildman–Crippen MR) is 72.7 cm³/mol. The largest absolute Gasteiger partial charge is 0.384 e. The van der Waals surface area contributed by atoms with Crippen molar-refractivity contribution in [2.45, 2.75) is 5.92 Å². The molecule has 2 N–H and O–H groups in total. The van der Waals surface area contributed by atoms with Crippen LogP contribution in [-0.2, 0) is 4.79 Å². The Bertz CT molecular complexity index is 566. The molecule has 0 spiro atoms. The van der Waals surface area contributed by atoms with Crippen LogP contribution in [0.3, 0.4) is 0 Å². The molecule has 1 aliphatic rings. The zero-order valence-electron chi connectivity index (χ0n) is 9.89. The number of anilines is 2. The van der Waals surface area contributed by atoms with Gasteiger partial charge < -0.3 is 10.6 Å². The third-order valence-corrected chi connectivity index (χ3v) is 3.19. The van der Waals surface area contributed by atoms with Crippen LogP contribution in [0, 0.1) is 0 Å². The van der Waals surface area contributed by atoms with Crippen LogP contribution in [-0.4, -0.2) is 12.5 Å². The highest BCUT2D eigenvalue weighted by Gasteiger charge is 2.27. The van der Waals surface area contributed by atoms with Gasteiger partial charge in [0.1, 0.15) is 0 Å². The molecule has 0 bridgehead atoms. The van der Waals surface area contributed by atoms with Crippen molar-refractivity contribution in [3.63, 3.8) is 0 Å². The molecule has 2 aromatic rings. The molecule has 0 fully saturated rings. The van der Waals surface area contributed by atoms with E-state index < -0.39 is 0 Å². The van der Waals surface area contributed by atoms with Crippen LogP contribution in [0.15, 0.2) is 54.6 Å². The topological polar surface area (TPSA) is 41.1 Å². The van der Waals surface area contributed by atoms with Gasteiger partial charge in [0.2, 0.25) is 5.91 Å². The van der Waals surface area contributed by atoms with Crippen LogP contribution in [0.2, 0.25) is 0 Å². The monoisotopic (exact) mass is 238 g/mol. The first-order chi connectivity index (χ1) is 8.84. The Morgan fingerprint density at radius 1 is 1.06 bits per heavy atom. The fourth-order valence-electron chi connectivity index (χ4n) is 2.27. The lowest BCUT2D eigenvalue weighted by Gasteiger charge is -2.11. The zero-order chi connectivity index (χ0) is 12.4. The van der Waals surface area contributed by atoms with E-state index in [0.717, 1.165) is 16.9 Å². The first-order valence-electron chi connectivity index (χ1n) is 6.03. The second-order valence-electron chi connectivity index (χ2n) is 4.38. The maximum absolute atomic E-state index is 12.2. The zero-order valence-corrected chi connectivity index (χ0v) is 9.89. The molecule has 18 heavy (non-hydrogen) atoms. The molecule has 0 saturated carbocycles. The molecule has 3 rings (SSSR count). The summed E-state index contributed by atoms with van der Waals surface area (Å²) in [6.45, 7) is 0.665. The number of fused-ring (bicyclic) bond motifs is 1. The molecule has 0 aliphatic carbocycles. The molecule has 1 amide bonds. The lowest BCUT2D eigenvalue weighted by Crippen LogP contribution is -2.22. The van der Waals surface area contributed by atoms with Crippen molar-refractivity contribution in [2.24, 2.45) is 0 Å². The van der Waals surface area contributed by atoms with Crippen LogP contribution < -0.4 is 10.6 Å². The van der Waals surface area contributed by atoms with Crippen LogP contribution >= 0.6 is 0 Å². The highest BCUT2D eigenvalue weighted by atomic mass is 16.1. The van der Waals surface area contributed by atoms with Gasteiger partial charge in [-0.15, -0.1) is 0 Å². The molecule has 1 aliphatic heterocycles. The number of para-hydroxylation sites is 2. The lowest BCUT2D eigenvalue weighted by molar-refractivity contribution is -0.117.